The van der Waals surface area contributed by atoms with Crippen molar-refractivity contribution in [3.63, 3.8) is 0 Å². The molecule has 0 unspecified atom stereocenters. The lowest BCUT2D eigenvalue weighted by Gasteiger charge is -2.06. The fourth-order valence-corrected chi connectivity index (χ4v) is 3.47. The van der Waals surface area contributed by atoms with Gasteiger partial charge in [0.2, 0.25) is 0 Å². The summed E-state index contributed by atoms with van der Waals surface area (Å²) in [5.74, 6) is -0.232. The van der Waals surface area contributed by atoms with Gasteiger partial charge in [-0.1, -0.05) is 24.3 Å². The first-order chi connectivity index (χ1) is 13.7. The van der Waals surface area contributed by atoms with Gasteiger partial charge in [-0.05, 0) is 48.5 Å². The minimum absolute atomic E-state index is 0.232. The van der Waals surface area contributed by atoms with Crippen molar-refractivity contribution in [1.82, 2.24) is 4.98 Å². The molecule has 0 saturated carbocycles. The van der Waals surface area contributed by atoms with E-state index in [-0.39, 0.29) is 11.9 Å². The summed E-state index contributed by atoms with van der Waals surface area (Å²) in [5.41, 5.74) is 2.25. The molecule has 4 rings (SSSR count). The van der Waals surface area contributed by atoms with E-state index >= 15 is 0 Å². The molecule has 0 aliphatic heterocycles. The number of aromatic nitrogens is 1. The molecule has 2 aromatic heterocycles. The summed E-state index contributed by atoms with van der Waals surface area (Å²) in [6.45, 7) is 0. The first kappa shape index (κ1) is 17.7. The number of amides is 3. The number of carbonyl (C=O) groups is 2. The van der Waals surface area contributed by atoms with Crippen LogP contribution in [0.25, 0.3) is 10.9 Å². The number of rotatable bonds is 4. The second kappa shape index (κ2) is 7.89. The Bertz CT molecular complexity index is 1140. The number of pyridine rings is 1. The quantitative estimate of drug-likeness (QED) is 0.450. The van der Waals surface area contributed by atoms with Gasteiger partial charge in [-0.25, -0.2) is 4.79 Å². The lowest BCUT2D eigenvalue weighted by Crippen LogP contribution is -2.18. The lowest BCUT2D eigenvalue weighted by molar-refractivity contribution is 0.103. The highest BCUT2D eigenvalue weighted by Gasteiger charge is 2.12. The van der Waals surface area contributed by atoms with E-state index in [1.807, 2.05) is 48.5 Å². The van der Waals surface area contributed by atoms with Gasteiger partial charge in [0.15, 0.2) is 0 Å². The van der Waals surface area contributed by atoms with Crippen molar-refractivity contribution < 1.29 is 9.59 Å². The highest BCUT2D eigenvalue weighted by molar-refractivity contribution is 7.18. The third-order valence-corrected chi connectivity index (χ3v) is 4.96. The van der Waals surface area contributed by atoms with Crippen LogP contribution in [-0.4, -0.2) is 16.9 Å². The van der Waals surface area contributed by atoms with E-state index in [4.69, 9.17) is 0 Å². The van der Waals surface area contributed by atoms with Gasteiger partial charge in [-0.3, -0.25) is 15.1 Å². The molecule has 0 saturated heterocycles. The highest BCUT2D eigenvalue weighted by atomic mass is 32.1. The van der Waals surface area contributed by atoms with Crippen LogP contribution in [0.4, 0.5) is 21.2 Å². The molecule has 3 amide bonds. The number of para-hydroxylation sites is 1. The number of nitrogens with zero attached hydrogens (tertiary/aromatic N) is 1. The van der Waals surface area contributed by atoms with E-state index in [1.165, 1.54) is 11.3 Å². The predicted octanol–water partition coefficient (Wildman–Crippen LogP) is 5.19. The zero-order valence-electron chi connectivity index (χ0n) is 14.7. The maximum absolute atomic E-state index is 12.5. The van der Waals surface area contributed by atoms with Crippen LogP contribution >= 0.6 is 11.3 Å². The Morgan fingerprint density at radius 1 is 0.786 bits per heavy atom. The standard InChI is InChI=1S/C21H16N4O2S/c26-20(23-16-8-9-17-14(13-16)5-4-12-22-17)18-10-11-19(28-18)25-21(27)24-15-6-2-1-3-7-15/h1-13H,(H,23,26)(H2,24,25,27). The van der Waals surface area contributed by atoms with Gasteiger partial charge < -0.3 is 10.6 Å². The molecule has 0 bridgehead atoms. The van der Waals surface area contributed by atoms with Crippen LogP contribution in [0.5, 0.6) is 0 Å². The van der Waals surface area contributed by atoms with Crippen LogP contribution in [0.1, 0.15) is 9.67 Å². The number of nitrogens with one attached hydrogen (secondary N) is 3. The Kier molecular flexibility index (Phi) is 4.99. The van der Waals surface area contributed by atoms with Crippen LogP contribution in [-0.2, 0) is 0 Å². The number of hydrogen-bond acceptors (Lipinski definition) is 4. The second-order valence-corrected chi connectivity index (χ2v) is 7.06. The summed E-state index contributed by atoms with van der Waals surface area (Å²) < 4.78 is 0. The molecular formula is C21H16N4O2S. The molecule has 0 atom stereocenters. The maximum atomic E-state index is 12.5. The van der Waals surface area contributed by atoms with Crippen molar-refractivity contribution in [3.05, 3.63) is 83.9 Å². The smallest absolute Gasteiger partial charge is 0.321 e. The van der Waals surface area contributed by atoms with Gasteiger partial charge >= 0.3 is 6.03 Å². The number of carbonyl (C=O) groups excluding carboxylic acids is 2. The molecule has 0 aliphatic rings. The van der Waals surface area contributed by atoms with Crippen molar-refractivity contribution in [2.75, 3.05) is 16.0 Å². The molecule has 7 heteroatoms. The van der Waals surface area contributed by atoms with Gasteiger partial charge in [0.05, 0.1) is 15.4 Å². The van der Waals surface area contributed by atoms with Crippen LogP contribution in [0, 0.1) is 0 Å². The zero-order chi connectivity index (χ0) is 19.3. The summed E-state index contributed by atoms with van der Waals surface area (Å²) in [6, 6.07) is 21.5. The van der Waals surface area contributed by atoms with Crippen molar-refractivity contribution in [1.29, 1.82) is 0 Å². The zero-order valence-corrected chi connectivity index (χ0v) is 15.5. The molecule has 2 aromatic carbocycles. The SMILES string of the molecule is O=C(Nc1ccccc1)Nc1ccc(C(=O)Nc2ccc3ncccc3c2)s1. The van der Waals surface area contributed by atoms with E-state index in [2.05, 4.69) is 20.9 Å². The number of benzene rings is 2. The molecule has 0 spiro atoms. The van der Waals surface area contributed by atoms with Crippen LogP contribution in [0.3, 0.4) is 0 Å². The number of anilines is 3. The summed E-state index contributed by atoms with van der Waals surface area (Å²) in [5, 5.41) is 9.88. The van der Waals surface area contributed by atoms with Gasteiger partial charge in [0, 0.05) is 23.0 Å². The van der Waals surface area contributed by atoms with Gasteiger partial charge in [-0.15, -0.1) is 11.3 Å². The molecule has 0 radical (unpaired) electrons. The maximum Gasteiger partial charge on any atom is 0.324 e. The first-order valence-corrected chi connectivity index (χ1v) is 9.38. The molecule has 2 heterocycles. The summed E-state index contributed by atoms with van der Waals surface area (Å²) in [7, 11) is 0. The fraction of sp³-hybridized carbons (Fsp3) is 0. The number of hydrogen-bond donors (Lipinski definition) is 3. The van der Waals surface area contributed by atoms with E-state index in [1.54, 1.807) is 30.5 Å². The minimum atomic E-state index is -0.359. The predicted molar refractivity (Wildman–Crippen MR) is 113 cm³/mol. The van der Waals surface area contributed by atoms with Crippen LogP contribution in [0.2, 0.25) is 0 Å². The lowest BCUT2D eigenvalue weighted by atomic mass is 10.2. The molecule has 28 heavy (non-hydrogen) atoms. The van der Waals surface area contributed by atoms with Crippen LogP contribution in [0.15, 0.2) is 79.0 Å². The number of urea groups is 1. The monoisotopic (exact) mass is 388 g/mol. The Hall–Kier alpha value is -3.71. The number of thiophene rings is 1. The van der Waals surface area contributed by atoms with E-state index in [0.717, 1.165) is 10.9 Å². The molecule has 3 N–H and O–H groups in total. The fourth-order valence-electron chi connectivity index (χ4n) is 2.67. The van der Waals surface area contributed by atoms with Gasteiger partial charge in [0.1, 0.15) is 0 Å². The third-order valence-electron chi connectivity index (χ3n) is 3.96. The largest absolute Gasteiger partial charge is 0.324 e. The van der Waals surface area contributed by atoms with E-state index in [9.17, 15) is 9.59 Å². The second-order valence-electron chi connectivity index (χ2n) is 5.97. The van der Waals surface area contributed by atoms with Crippen molar-refractivity contribution in [3.8, 4) is 0 Å². The van der Waals surface area contributed by atoms with Crippen LogP contribution < -0.4 is 16.0 Å². The van der Waals surface area contributed by atoms with Crippen molar-refractivity contribution in [2.24, 2.45) is 0 Å². The number of fused-ring (bicyclic) bond motifs is 1. The highest BCUT2D eigenvalue weighted by Crippen LogP contribution is 2.24. The average molecular weight is 388 g/mol. The minimum Gasteiger partial charge on any atom is -0.321 e. The Morgan fingerprint density at radius 2 is 1.64 bits per heavy atom. The average Bonchev–Trinajstić information content (AvgIpc) is 3.17. The van der Waals surface area contributed by atoms with Crippen molar-refractivity contribution >= 4 is 50.6 Å². The molecule has 0 aliphatic carbocycles. The molecule has 138 valence electrons. The summed E-state index contributed by atoms with van der Waals surface area (Å²) >= 11 is 1.21. The topological polar surface area (TPSA) is 83.1 Å². The summed E-state index contributed by atoms with van der Waals surface area (Å²) in [6.07, 6.45) is 1.73. The summed E-state index contributed by atoms with van der Waals surface area (Å²) in [4.78, 5) is 29.3. The normalized spacial score (nSPS) is 10.4. The van der Waals surface area contributed by atoms with Gasteiger partial charge in [-0.2, -0.15) is 0 Å². The van der Waals surface area contributed by atoms with E-state index in [0.29, 0.717) is 21.3 Å². The molecule has 6 nitrogen and oxygen atoms in total. The molecule has 4 aromatic rings. The van der Waals surface area contributed by atoms with Crippen molar-refractivity contribution in [2.45, 2.75) is 0 Å². The van der Waals surface area contributed by atoms with E-state index < -0.39 is 0 Å². The Morgan fingerprint density at radius 3 is 2.50 bits per heavy atom. The Balaban J connectivity index is 1.40. The first-order valence-electron chi connectivity index (χ1n) is 8.56. The Labute approximate surface area is 165 Å². The molecule has 0 fully saturated rings. The van der Waals surface area contributed by atoms with Gasteiger partial charge in [0.25, 0.3) is 5.91 Å². The third kappa shape index (κ3) is 4.16. The molecular weight excluding hydrogens is 372 g/mol.